The highest BCUT2D eigenvalue weighted by Crippen LogP contribution is 2.02. The third kappa shape index (κ3) is 3.25. The Morgan fingerprint density at radius 1 is 1.06 bits per heavy atom. The Balaban J connectivity index is 1.87. The summed E-state index contributed by atoms with van der Waals surface area (Å²) < 4.78 is 0. The van der Waals surface area contributed by atoms with Gasteiger partial charge in [-0.3, -0.25) is 4.98 Å². The van der Waals surface area contributed by atoms with Crippen molar-refractivity contribution in [1.29, 1.82) is 0 Å². The molecule has 1 aromatic carbocycles. The molecule has 0 aliphatic heterocycles. The van der Waals surface area contributed by atoms with Crippen LogP contribution in [0.15, 0.2) is 54.9 Å². The van der Waals surface area contributed by atoms with Crippen molar-refractivity contribution in [3.8, 4) is 11.8 Å². The molecule has 0 saturated carbocycles. The van der Waals surface area contributed by atoms with E-state index in [9.17, 15) is 0 Å². The van der Waals surface area contributed by atoms with E-state index >= 15 is 0 Å². The lowest BCUT2D eigenvalue weighted by Crippen LogP contribution is -1.81. The van der Waals surface area contributed by atoms with Gasteiger partial charge in [0.05, 0.1) is 0 Å². The molecule has 1 radical (unpaired) electrons. The lowest BCUT2D eigenvalue weighted by atomic mass is 10.1. The number of aromatic nitrogens is 1. The first kappa shape index (κ1) is 10.4. The Hall–Kier alpha value is -2.07. The fourth-order valence-electron chi connectivity index (χ4n) is 1.34. The molecule has 0 amide bonds. The Morgan fingerprint density at radius 2 is 1.94 bits per heavy atom. The molecule has 0 atom stereocenters. The first-order valence-electron chi connectivity index (χ1n) is 5.22. The van der Waals surface area contributed by atoms with E-state index in [-0.39, 0.29) is 0 Å². The van der Waals surface area contributed by atoms with Gasteiger partial charge in [-0.05, 0) is 23.8 Å². The minimum absolute atomic E-state index is 0.751. The van der Waals surface area contributed by atoms with Gasteiger partial charge in [-0.2, -0.15) is 0 Å². The first-order valence-corrected chi connectivity index (χ1v) is 5.22. The molecule has 2 aromatic rings. The molecule has 77 valence electrons. The average molecular weight is 206 g/mol. The van der Waals surface area contributed by atoms with Crippen LogP contribution in [0.2, 0.25) is 0 Å². The summed E-state index contributed by atoms with van der Waals surface area (Å²) in [5.41, 5.74) is 2.17. The summed E-state index contributed by atoms with van der Waals surface area (Å²) in [4.78, 5) is 4.04. The van der Waals surface area contributed by atoms with E-state index in [0.29, 0.717) is 0 Å². The predicted molar refractivity (Wildman–Crippen MR) is 65.6 cm³/mol. The molecular formula is C15H12N. The molecule has 0 aliphatic carbocycles. The van der Waals surface area contributed by atoms with Crippen LogP contribution < -0.4 is 0 Å². The molecule has 0 N–H and O–H groups in total. The summed E-state index contributed by atoms with van der Waals surface area (Å²) in [6.45, 7) is 0. The zero-order chi connectivity index (χ0) is 11.1. The third-order valence-corrected chi connectivity index (χ3v) is 2.13. The number of pyridine rings is 1. The topological polar surface area (TPSA) is 12.9 Å². The van der Waals surface area contributed by atoms with E-state index in [0.717, 1.165) is 17.5 Å². The number of nitrogens with zero attached hydrogens (tertiary/aromatic N) is 1. The average Bonchev–Trinajstić information content (AvgIpc) is 2.37. The van der Waals surface area contributed by atoms with Gasteiger partial charge in [0.1, 0.15) is 0 Å². The second kappa shape index (κ2) is 5.72. The van der Waals surface area contributed by atoms with Gasteiger partial charge >= 0.3 is 0 Å². The van der Waals surface area contributed by atoms with Gasteiger partial charge in [-0.1, -0.05) is 36.1 Å². The van der Waals surface area contributed by atoms with Crippen LogP contribution >= 0.6 is 0 Å². The van der Waals surface area contributed by atoms with Gasteiger partial charge < -0.3 is 0 Å². The zero-order valence-electron chi connectivity index (χ0n) is 8.93. The minimum atomic E-state index is 0.751. The maximum atomic E-state index is 4.04. The van der Waals surface area contributed by atoms with Gasteiger partial charge in [-0.25, -0.2) is 0 Å². The van der Waals surface area contributed by atoms with Crippen LogP contribution in [0.1, 0.15) is 17.5 Å². The Kier molecular flexibility index (Phi) is 3.74. The van der Waals surface area contributed by atoms with Crippen molar-refractivity contribution in [1.82, 2.24) is 4.98 Å². The monoisotopic (exact) mass is 206 g/mol. The van der Waals surface area contributed by atoms with E-state index in [1.807, 2.05) is 48.7 Å². The van der Waals surface area contributed by atoms with E-state index in [1.165, 1.54) is 0 Å². The molecule has 0 fully saturated rings. The van der Waals surface area contributed by atoms with Gasteiger partial charge in [0.15, 0.2) is 0 Å². The standard InChI is InChI=1S/C15H12N/c1-2-7-14(8-3-1)9-4-5-10-15-11-6-12-16-13-15/h1-3,6-8,10-13H,5H2. The third-order valence-electron chi connectivity index (χ3n) is 2.13. The summed E-state index contributed by atoms with van der Waals surface area (Å²) in [7, 11) is 0. The van der Waals surface area contributed by atoms with Crippen LogP contribution in [0.25, 0.3) is 0 Å². The fourth-order valence-corrected chi connectivity index (χ4v) is 1.34. The molecule has 1 nitrogen and oxygen atoms in total. The summed E-state index contributed by atoms with van der Waals surface area (Å²) in [6, 6.07) is 14.0. The van der Waals surface area contributed by atoms with Crippen LogP contribution in [0.3, 0.4) is 0 Å². The Labute approximate surface area is 96.2 Å². The summed E-state index contributed by atoms with van der Waals surface area (Å²) >= 11 is 0. The van der Waals surface area contributed by atoms with Crippen molar-refractivity contribution in [3.63, 3.8) is 0 Å². The summed E-state index contributed by atoms with van der Waals surface area (Å²) in [6.07, 6.45) is 6.43. The molecular weight excluding hydrogens is 194 g/mol. The fraction of sp³-hybridized carbons (Fsp3) is 0.0667. The van der Waals surface area contributed by atoms with Crippen LogP contribution in [0.5, 0.6) is 0 Å². The highest BCUT2D eigenvalue weighted by atomic mass is 14.6. The smallest absolute Gasteiger partial charge is 0.0303 e. The Bertz CT molecular complexity index is 477. The highest BCUT2D eigenvalue weighted by Gasteiger charge is 1.89. The van der Waals surface area contributed by atoms with Crippen molar-refractivity contribution < 1.29 is 0 Å². The quantitative estimate of drug-likeness (QED) is 0.688. The van der Waals surface area contributed by atoms with Crippen molar-refractivity contribution in [2.45, 2.75) is 6.42 Å². The van der Waals surface area contributed by atoms with Gasteiger partial charge in [-0.15, -0.1) is 0 Å². The number of rotatable bonds is 2. The van der Waals surface area contributed by atoms with E-state index in [1.54, 1.807) is 6.20 Å². The zero-order valence-corrected chi connectivity index (χ0v) is 8.93. The van der Waals surface area contributed by atoms with Crippen molar-refractivity contribution in [2.24, 2.45) is 0 Å². The van der Waals surface area contributed by atoms with Crippen LogP contribution in [0.4, 0.5) is 0 Å². The molecule has 0 spiro atoms. The van der Waals surface area contributed by atoms with Crippen LogP contribution in [-0.4, -0.2) is 4.98 Å². The Morgan fingerprint density at radius 3 is 2.69 bits per heavy atom. The predicted octanol–water partition coefficient (Wildman–Crippen LogP) is 3.08. The summed E-state index contributed by atoms with van der Waals surface area (Å²) in [5, 5.41) is 0. The van der Waals surface area contributed by atoms with Crippen LogP contribution in [-0.2, 0) is 0 Å². The van der Waals surface area contributed by atoms with Crippen LogP contribution in [0, 0.1) is 18.3 Å². The second-order valence-corrected chi connectivity index (χ2v) is 3.36. The normalized spacial score (nSPS) is 9.25. The molecule has 1 aromatic heterocycles. The largest absolute Gasteiger partial charge is 0.264 e. The molecule has 0 bridgehead atoms. The van der Waals surface area contributed by atoms with E-state index < -0.39 is 0 Å². The van der Waals surface area contributed by atoms with Crippen molar-refractivity contribution in [2.75, 3.05) is 0 Å². The second-order valence-electron chi connectivity index (χ2n) is 3.36. The van der Waals surface area contributed by atoms with Crippen molar-refractivity contribution >= 4 is 0 Å². The highest BCUT2D eigenvalue weighted by molar-refractivity contribution is 5.34. The first-order chi connectivity index (χ1) is 7.95. The molecule has 2 rings (SSSR count). The molecule has 1 heteroatoms. The molecule has 0 aliphatic rings. The lowest BCUT2D eigenvalue weighted by molar-refractivity contribution is 1.22. The lowest BCUT2D eigenvalue weighted by Gasteiger charge is -1.93. The number of hydrogen-bond donors (Lipinski definition) is 0. The number of benzene rings is 1. The van der Waals surface area contributed by atoms with Gasteiger partial charge in [0, 0.05) is 30.8 Å². The van der Waals surface area contributed by atoms with Gasteiger partial charge in [0.25, 0.3) is 0 Å². The summed E-state index contributed by atoms with van der Waals surface area (Å²) in [5.74, 6) is 6.23. The SMILES string of the molecule is C(#Cc1ccccc1)C[CH]c1cccnc1. The van der Waals surface area contributed by atoms with Gasteiger partial charge in [0.2, 0.25) is 0 Å². The molecule has 0 saturated heterocycles. The number of hydrogen-bond acceptors (Lipinski definition) is 1. The van der Waals surface area contributed by atoms with Crippen molar-refractivity contribution in [3.05, 3.63) is 72.4 Å². The van der Waals surface area contributed by atoms with E-state index in [2.05, 4.69) is 23.2 Å². The maximum Gasteiger partial charge on any atom is 0.0303 e. The minimum Gasteiger partial charge on any atom is -0.264 e. The molecule has 1 heterocycles. The maximum absolute atomic E-state index is 4.04. The van der Waals surface area contributed by atoms with E-state index in [4.69, 9.17) is 0 Å². The molecule has 0 unspecified atom stereocenters. The molecule has 16 heavy (non-hydrogen) atoms.